The Morgan fingerprint density at radius 3 is 2.59 bits per heavy atom. The number of hydrogen-bond donors (Lipinski definition) is 2. The average Bonchev–Trinajstić information content (AvgIpc) is 2.83. The van der Waals surface area contributed by atoms with Crippen molar-refractivity contribution < 1.29 is 14.3 Å². The van der Waals surface area contributed by atoms with Crippen molar-refractivity contribution in [3.05, 3.63) is 56.9 Å². The number of carbonyl (C=O) groups is 2. The first-order valence-electron chi connectivity index (χ1n) is 11.6. The first kappa shape index (κ1) is 24.4. The Hall–Kier alpha value is -2.68. The van der Waals surface area contributed by atoms with Crippen LogP contribution >= 0.6 is 15.9 Å². The third kappa shape index (κ3) is 4.50. The predicted octanol–water partition coefficient (Wildman–Crippen LogP) is 3.52. The Morgan fingerprint density at radius 1 is 1.26 bits per heavy atom. The summed E-state index contributed by atoms with van der Waals surface area (Å²) in [5.41, 5.74) is 1.19. The van der Waals surface area contributed by atoms with Crippen LogP contribution < -0.4 is 16.2 Å². The van der Waals surface area contributed by atoms with E-state index in [1.807, 2.05) is 6.07 Å². The van der Waals surface area contributed by atoms with Gasteiger partial charge in [0.05, 0.1) is 19.0 Å². The summed E-state index contributed by atoms with van der Waals surface area (Å²) in [5.74, 6) is 0.739. The minimum Gasteiger partial charge on any atom is -0.467 e. The summed E-state index contributed by atoms with van der Waals surface area (Å²) in [6.07, 6.45) is 3.92. The number of anilines is 1. The number of aromatic nitrogens is 2. The van der Waals surface area contributed by atoms with Crippen molar-refractivity contribution in [2.24, 2.45) is 23.2 Å². The fourth-order valence-corrected chi connectivity index (χ4v) is 6.02. The van der Waals surface area contributed by atoms with Crippen LogP contribution in [0.5, 0.6) is 0 Å². The lowest BCUT2D eigenvalue weighted by atomic mass is 9.45. The number of rotatable bonds is 7. The summed E-state index contributed by atoms with van der Waals surface area (Å²) < 4.78 is 6.25. The largest absolute Gasteiger partial charge is 0.467 e. The molecule has 8 nitrogen and oxygen atoms in total. The Bertz CT molecular complexity index is 1130. The number of methoxy groups -OCH3 is 1. The first-order chi connectivity index (χ1) is 16.1. The van der Waals surface area contributed by atoms with Crippen LogP contribution in [0.25, 0.3) is 0 Å². The minimum atomic E-state index is -0.970. The van der Waals surface area contributed by atoms with Crippen LogP contribution in [0.2, 0.25) is 0 Å². The van der Waals surface area contributed by atoms with Crippen LogP contribution in [0.15, 0.2) is 45.8 Å². The van der Waals surface area contributed by atoms with E-state index < -0.39 is 23.5 Å². The van der Waals surface area contributed by atoms with Crippen LogP contribution in [0.3, 0.4) is 0 Å². The van der Waals surface area contributed by atoms with Gasteiger partial charge in [0.1, 0.15) is 11.0 Å². The van der Waals surface area contributed by atoms with Gasteiger partial charge in [-0.05, 0) is 57.5 Å². The number of fused-ring (bicyclic) bond motifs is 2. The molecule has 0 radical (unpaired) electrons. The molecule has 0 saturated heterocycles. The highest BCUT2D eigenvalue weighted by Gasteiger charge is 2.56. The Kier molecular flexibility index (Phi) is 6.85. The second-order valence-corrected chi connectivity index (χ2v) is 10.8. The normalized spacial score (nSPS) is 25.6. The highest BCUT2D eigenvalue weighted by molar-refractivity contribution is 9.10. The zero-order chi connectivity index (χ0) is 24.6. The molecule has 2 aromatic rings. The van der Waals surface area contributed by atoms with E-state index in [-0.39, 0.29) is 12.6 Å². The Labute approximate surface area is 207 Å². The van der Waals surface area contributed by atoms with Gasteiger partial charge >= 0.3 is 5.97 Å². The number of esters is 1. The van der Waals surface area contributed by atoms with Gasteiger partial charge in [0.2, 0.25) is 5.91 Å². The summed E-state index contributed by atoms with van der Waals surface area (Å²) >= 11 is 3.40. The van der Waals surface area contributed by atoms with Crippen LogP contribution in [0.1, 0.15) is 45.2 Å². The molecule has 9 heteroatoms. The van der Waals surface area contributed by atoms with Crippen molar-refractivity contribution in [1.29, 1.82) is 0 Å². The number of carbonyl (C=O) groups excluding carboxylic acids is 2. The molecule has 0 spiro atoms. The topological polar surface area (TPSA) is 102 Å². The van der Waals surface area contributed by atoms with Crippen molar-refractivity contribution in [1.82, 2.24) is 15.1 Å². The molecule has 0 aliphatic heterocycles. The maximum absolute atomic E-state index is 12.9. The average molecular weight is 531 g/mol. The number of nitrogens with one attached hydrogen (secondary N) is 2. The van der Waals surface area contributed by atoms with E-state index in [2.05, 4.69) is 52.4 Å². The molecular formula is C25H31BrN4O4. The molecular weight excluding hydrogens is 500 g/mol. The number of nitrogens with zero attached hydrogens (tertiary/aromatic N) is 2. The number of ether oxygens (including phenoxy) is 1. The molecule has 1 unspecified atom stereocenters. The predicted molar refractivity (Wildman–Crippen MR) is 132 cm³/mol. The van der Waals surface area contributed by atoms with Crippen LogP contribution in [-0.4, -0.2) is 34.8 Å². The molecule has 5 rings (SSSR count). The van der Waals surface area contributed by atoms with E-state index in [1.165, 1.54) is 13.5 Å². The van der Waals surface area contributed by atoms with E-state index >= 15 is 0 Å². The van der Waals surface area contributed by atoms with E-state index in [9.17, 15) is 14.4 Å². The third-order valence-corrected chi connectivity index (χ3v) is 8.61. The van der Waals surface area contributed by atoms with Gasteiger partial charge in [-0.1, -0.05) is 51.1 Å². The van der Waals surface area contributed by atoms with E-state index in [4.69, 9.17) is 4.74 Å². The minimum absolute atomic E-state index is 0.278. The maximum Gasteiger partial charge on any atom is 0.333 e. The quantitative estimate of drug-likeness (QED) is 0.531. The summed E-state index contributed by atoms with van der Waals surface area (Å²) in [5, 5.41) is 10.4. The maximum atomic E-state index is 12.9. The van der Waals surface area contributed by atoms with Crippen molar-refractivity contribution in [3.63, 3.8) is 0 Å². The smallest absolute Gasteiger partial charge is 0.333 e. The Balaban J connectivity index is 1.44. The molecule has 3 fully saturated rings. The summed E-state index contributed by atoms with van der Waals surface area (Å²) in [6, 6.07) is 8.10. The van der Waals surface area contributed by atoms with Gasteiger partial charge in [-0.25, -0.2) is 9.48 Å². The molecule has 5 atom stereocenters. The summed E-state index contributed by atoms with van der Waals surface area (Å²) in [4.78, 5) is 37.8. The van der Waals surface area contributed by atoms with Gasteiger partial charge in [0, 0.05) is 6.04 Å². The van der Waals surface area contributed by atoms with Gasteiger partial charge in [-0.3, -0.25) is 9.59 Å². The SMILES string of the molecule is COC(=O)C(NC(=O)Cn1ncc(N[C@@H]2C[C@H]3C[C@@H]([C@H]2C)C3(C)C)c(Br)c1=O)c1ccccc1. The molecule has 3 aliphatic rings. The van der Waals surface area contributed by atoms with Crippen molar-refractivity contribution in [2.75, 3.05) is 12.4 Å². The zero-order valence-electron chi connectivity index (χ0n) is 19.9. The Morgan fingerprint density at radius 2 is 1.97 bits per heavy atom. The van der Waals surface area contributed by atoms with Crippen LogP contribution in [0.4, 0.5) is 5.69 Å². The number of benzene rings is 1. The third-order valence-electron chi connectivity index (χ3n) is 7.85. The monoisotopic (exact) mass is 530 g/mol. The molecule has 1 amide bonds. The van der Waals surface area contributed by atoms with Gasteiger partial charge < -0.3 is 15.4 Å². The molecule has 3 aliphatic carbocycles. The second-order valence-electron chi connectivity index (χ2n) is 9.98. The van der Waals surface area contributed by atoms with E-state index in [1.54, 1.807) is 30.5 Å². The summed E-state index contributed by atoms with van der Waals surface area (Å²) in [6.45, 7) is 6.66. The van der Waals surface area contributed by atoms with Crippen molar-refractivity contribution in [2.45, 2.75) is 52.2 Å². The lowest BCUT2D eigenvalue weighted by Crippen LogP contribution is -2.58. The molecule has 3 saturated carbocycles. The zero-order valence-corrected chi connectivity index (χ0v) is 21.5. The molecule has 34 heavy (non-hydrogen) atoms. The van der Waals surface area contributed by atoms with Gasteiger partial charge in [-0.2, -0.15) is 5.10 Å². The van der Waals surface area contributed by atoms with Gasteiger partial charge in [-0.15, -0.1) is 0 Å². The number of hydrogen-bond acceptors (Lipinski definition) is 6. The lowest BCUT2D eigenvalue weighted by Gasteiger charge is -2.62. The highest BCUT2D eigenvalue weighted by atomic mass is 79.9. The molecule has 2 bridgehead atoms. The highest BCUT2D eigenvalue weighted by Crippen LogP contribution is 2.61. The summed E-state index contributed by atoms with van der Waals surface area (Å²) in [7, 11) is 1.26. The van der Waals surface area contributed by atoms with Gasteiger partial charge in [0.25, 0.3) is 5.56 Å². The standard InChI is InChI=1S/C25H31BrN4O4/c1-14-17-10-16(25(17,2)3)11-18(14)28-19-12-27-30(23(32)21(19)26)13-20(31)29-22(24(33)34-4)15-8-6-5-7-9-15/h5-9,12,14,16-18,22,28H,10-11,13H2,1-4H3,(H,29,31)/t14-,16-,17+,18-,22?/m1/s1. The van der Waals surface area contributed by atoms with Crippen molar-refractivity contribution in [3.8, 4) is 0 Å². The molecule has 1 aromatic heterocycles. The van der Waals surface area contributed by atoms with Crippen LogP contribution in [-0.2, 0) is 20.9 Å². The lowest BCUT2D eigenvalue weighted by molar-refractivity contribution is -0.145. The first-order valence-corrected chi connectivity index (χ1v) is 12.4. The molecule has 1 aromatic carbocycles. The fraction of sp³-hybridized carbons (Fsp3) is 0.520. The van der Waals surface area contributed by atoms with Gasteiger partial charge in [0.15, 0.2) is 6.04 Å². The molecule has 1 heterocycles. The number of amides is 1. The van der Waals surface area contributed by atoms with E-state index in [0.29, 0.717) is 38.9 Å². The molecule has 2 N–H and O–H groups in total. The number of halogens is 1. The van der Waals surface area contributed by atoms with Crippen LogP contribution in [0, 0.1) is 23.2 Å². The van der Waals surface area contributed by atoms with Crippen molar-refractivity contribution >= 4 is 33.5 Å². The second kappa shape index (κ2) is 9.52. The fourth-order valence-electron chi connectivity index (χ4n) is 5.60. The van der Waals surface area contributed by atoms with E-state index in [0.717, 1.165) is 11.1 Å². The molecule has 182 valence electrons.